The maximum Gasteiger partial charge on any atom is 0.410 e. The quantitative estimate of drug-likeness (QED) is 0.654. The molecule has 0 aliphatic carbocycles. The fourth-order valence-corrected chi connectivity index (χ4v) is 3.25. The van der Waals surface area contributed by atoms with Crippen LogP contribution in [0.4, 0.5) is 4.79 Å². The van der Waals surface area contributed by atoms with Gasteiger partial charge in [0.1, 0.15) is 5.60 Å². The van der Waals surface area contributed by atoms with Gasteiger partial charge in [-0.25, -0.2) is 9.63 Å². The maximum atomic E-state index is 12.2. The molecule has 1 aliphatic rings. The van der Waals surface area contributed by atoms with Crippen LogP contribution < -0.4 is 4.83 Å². The molecule has 0 radical (unpaired) electrons. The summed E-state index contributed by atoms with van der Waals surface area (Å²) in [7, 11) is -3.72. The number of nitrogens with zero attached hydrogens (tertiary/aromatic N) is 2. The number of benzene rings is 1. The van der Waals surface area contributed by atoms with Crippen molar-refractivity contribution in [3.8, 4) is 0 Å². The van der Waals surface area contributed by atoms with E-state index in [1.807, 2.05) is 6.92 Å². The predicted octanol–water partition coefficient (Wildman–Crippen LogP) is 2.66. The minimum absolute atomic E-state index is 0.144. The highest BCUT2D eigenvalue weighted by Crippen LogP contribution is 2.19. The minimum atomic E-state index is -3.72. The van der Waals surface area contributed by atoms with Crippen LogP contribution in [-0.4, -0.2) is 43.8 Å². The molecule has 25 heavy (non-hydrogen) atoms. The van der Waals surface area contributed by atoms with E-state index in [9.17, 15) is 13.2 Å². The SMILES string of the molecule is Cc1ccc(S(=O)(=O)N/N=C/[C@H]2CCCN2C(=O)OC(C)(C)C)cc1. The van der Waals surface area contributed by atoms with Crippen molar-refractivity contribution in [1.29, 1.82) is 0 Å². The van der Waals surface area contributed by atoms with Crippen molar-refractivity contribution in [3.63, 3.8) is 0 Å². The number of carbonyl (C=O) groups excluding carboxylic acids is 1. The van der Waals surface area contributed by atoms with Crippen LogP contribution in [0.1, 0.15) is 39.2 Å². The smallest absolute Gasteiger partial charge is 0.410 e. The third-order valence-corrected chi connectivity index (χ3v) is 4.92. The van der Waals surface area contributed by atoms with Gasteiger partial charge in [-0.05, 0) is 52.7 Å². The summed E-state index contributed by atoms with van der Waals surface area (Å²) in [5.74, 6) is 0. The van der Waals surface area contributed by atoms with Crippen LogP contribution in [0.3, 0.4) is 0 Å². The third kappa shape index (κ3) is 5.45. The first kappa shape index (κ1) is 19.2. The first-order chi connectivity index (χ1) is 11.6. The number of nitrogens with one attached hydrogen (secondary N) is 1. The molecule has 8 heteroatoms. The predicted molar refractivity (Wildman–Crippen MR) is 96.0 cm³/mol. The van der Waals surface area contributed by atoms with Crippen molar-refractivity contribution in [1.82, 2.24) is 9.73 Å². The van der Waals surface area contributed by atoms with Gasteiger partial charge in [0.25, 0.3) is 10.0 Å². The Kier molecular flexibility index (Phi) is 5.72. The van der Waals surface area contributed by atoms with Crippen molar-refractivity contribution >= 4 is 22.3 Å². The normalized spacial score (nSPS) is 18.6. The molecule has 1 aliphatic heterocycles. The second-order valence-electron chi connectivity index (χ2n) is 7.07. The molecule has 1 atom stereocenters. The number of hydrogen-bond donors (Lipinski definition) is 1. The van der Waals surface area contributed by atoms with Gasteiger partial charge in [-0.2, -0.15) is 13.5 Å². The van der Waals surface area contributed by atoms with Gasteiger partial charge in [0.15, 0.2) is 0 Å². The number of aryl methyl sites for hydroxylation is 1. The van der Waals surface area contributed by atoms with E-state index in [2.05, 4.69) is 9.93 Å². The number of hydrogen-bond acceptors (Lipinski definition) is 5. The Balaban J connectivity index is 2.00. The molecule has 1 amide bonds. The van der Waals surface area contributed by atoms with E-state index in [4.69, 9.17) is 4.74 Å². The lowest BCUT2D eigenvalue weighted by atomic mass is 10.2. The molecular formula is C17H25N3O4S. The molecule has 1 aromatic carbocycles. The number of ether oxygens (including phenoxy) is 1. The Hall–Kier alpha value is -2.09. The number of amides is 1. The van der Waals surface area contributed by atoms with Crippen LogP contribution in [0.25, 0.3) is 0 Å². The Bertz CT molecular complexity index is 736. The van der Waals surface area contributed by atoms with Gasteiger partial charge in [-0.3, -0.25) is 0 Å². The van der Waals surface area contributed by atoms with Gasteiger partial charge < -0.3 is 9.64 Å². The first-order valence-electron chi connectivity index (χ1n) is 8.20. The lowest BCUT2D eigenvalue weighted by molar-refractivity contribution is 0.0268. The summed E-state index contributed by atoms with van der Waals surface area (Å²) < 4.78 is 29.7. The van der Waals surface area contributed by atoms with Gasteiger partial charge in [0.05, 0.1) is 10.9 Å². The van der Waals surface area contributed by atoms with E-state index in [1.165, 1.54) is 18.3 Å². The maximum absolute atomic E-state index is 12.2. The van der Waals surface area contributed by atoms with Gasteiger partial charge in [0.2, 0.25) is 0 Å². The van der Waals surface area contributed by atoms with Crippen LogP contribution in [0, 0.1) is 6.92 Å². The van der Waals surface area contributed by atoms with Crippen LogP contribution in [-0.2, 0) is 14.8 Å². The van der Waals surface area contributed by atoms with E-state index in [1.54, 1.807) is 37.8 Å². The highest BCUT2D eigenvalue weighted by molar-refractivity contribution is 7.89. The molecule has 1 N–H and O–H groups in total. The molecule has 0 aromatic heterocycles. The summed E-state index contributed by atoms with van der Waals surface area (Å²) in [5, 5.41) is 3.84. The number of hydrazone groups is 1. The molecule has 1 heterocycles. The topological polar surface area (TPSA) is 88.1 Å². The lowest BCUT2D eigenvalue weighted by Crippen LogP contribution is -2.40. The average Bonchev–Trinajstić information content (AvgIpc) is 2.94. The zero-order valence-electron chi connectivity index (χ0n) is 15.0. The van der Waals surface area contributed by atoms with Gasteiger partial charge >= 0.3 is 6.09 Å². The molecule has 0 spiro atoms. The second-order valence-corrected chi connectivity index (χ2v) is 8.73. The largest absolute Gasteiger partial charge is 0.444 e. The number of rotatable bonds is 4. The number of sulfonamides is 1. The number of likely N-dealkylation sites (tertiary alicyclic amines) is 1. The molecule has 7 nitrogen and oxygen atoms in total. The third-order valence-electron chi connectivity index (χ3n) is 3.68. The highest BCUT2D eigenvalue weighted by atomic mass is 32.2. The molecule has 138 valence electrons. The van der Waals surface area contributed by atoms with Crippen molar-refractivity contribution in [2.45, 2.75) is 57.1 Å². The Morgan fingerprint density at radius 1 is 1.32 bits per heavy atom. The molecule has 1 saturated heterocycles. The van der Waals surface area contributed by atoms with Gasteiger partial charge in [-0.15, -0.1) is 0 Å². The molecule has 0 unspecified atom stereocenters. The molecule has 2 rings (SSSR count). The molecule has 1 aromatic rings. The monoisotopic (exact) mass is 367 g/mol. The summed E-state index contributed by atoms with van der Waals surface area (Å²) in [5.41, 5.74) is 0.399. The lowest BCUT2D eigenvalue weighted by Gasteiger charge is -2.26. The van der Waals surface area contributed by atoms with E-state index < -0.39 is 21.7 Å². The summed E-state index contributed by atoms with van der Waals surface area (Å²) in [6, 6.07) is 6.21. The highest BCUT2D eigenvalue weighted by Gasteiger charge is 2.31. The fraction of sp³-hybridized carbons (Fsp3) is 0.529. The van der Waals surface area contributed by atoms with Crippen LogP contribution >= 0.6 is 0 Å². The second kappa shape index (κ2) is 7.43. The minimum Gasteiger partial charge on any atom is -0.444 e. The molecular weight excluding hydrogens is 342 g/mol. The summed E-state index contributed by atoms with van der Waals surface area (Å²) in [6.45, 7) is 7.86. The average molecular weight is 367 g/mol. The van der Waals surface area contributed by atoms with Crippen molar-refractivity contribution in [3.05, 3.63) is 29.8 Å². The summed E-state index contributed by atoms with van der Waals surface area (Å²) in [6.07, 6.45) is 2.57. The Morgan fingerprint density at radius 3 is 2.56 bits per heavy atom. The first-order valence-corrected chi connectivity index (χ1v) is 9.68. The molecule has 0 bridgehead atoms. The van der Waals surface area contributed by atoms with Gasteiger partial charge in [-0.1, -0.05) is 17.7 Å². The van der Waals surface area contributed by atoms with E-state index in [-0.39, 0.29) is 10.9 Å². The number of carbonyl (C=O) groups is 1. The zero-order chi connectivity index (χ0) is 18.7. The Morgan fingerprint density at radius 2 is 1.96 bits per heavy atom. The van der Waals surface area contributed by atoms with Crippen LogP contribution in [0.2, 0.25) is 0 Å². The Labute approximate surface area is 149 Å². The van der Waals surface area contributed by atoms with E-state index in [0.717, 1.165) is 18.4 Å². The summed E-state index contributed by atoms with van der Waals surface area (Å²) >= 11 is 0. The summed E-state index contributed by atoms with van der Waals surface area (Å²) in [4.78, 5) is 16.1. The van der Waals surface area contributed by atoms with E-state index >= 15 is 0 Å². The molecule has 0 saturated carbocycles. The molecule has 1 fully saturated rings. The van der Waals surface area contributed by atoms with Crippen LogP contribution in [0.15, 0.2) is 34.3 Å². The zero-order valence-corrected chi connectivity index (χ0v) is 15.8. The van der Waals surface area contributed by atoms with E-state index in [0.29, 0.717) is 6.54 Å². The van der Waals surface area contributed by atoms with Crippen molar-refractivity contribution < 1.29 is 17.9 Å². The van der Waals surface area contributed by atoms with Crippen LogP contribution in [0.5, 0.6) is 0 Å². The standard InChI is InChI=1S/C17H25N3O4S/c1-13-7-9-15(10-8-13)25(22,23)19-18-12-14-6-5-11-20(14)16(21)24-17(2,3)4/h7-10,12,14,19H,5-6,11H2,1-4H3/b18-12+/t14-/m1/s1. The van der Waals surface area contributed by atoms with Gasteiger partial charge in [0, 0.05) is 12.8 Å². The fourth-order valence-electron chi connectivity index (χ4n) is 2.45. The van der Waals surface area contributed by atoms with Crippen molar-refractivity contribution in [2.24, 2.45) is 5.10 Å². The van der Waals surface area contributed by atoms with Crippen molar-refractivity contribution in [2.75, 3.05) is 6.54 Å².